The molecule has 1 heterocycles. The van der Waals surface area contributed by atoms with E-state index in [1.807, 2.05) is 44.4 Å². The van der Waals surface area contributed by atoms with Crippen molar-refractivity contribution in [1.29, 1.82) is 0 Å². The topological polar surface area (TPSA) is 38.0 Å². The first-order valence-corrected chi connectivity index (χ1v) is 5.89. The summed E-state index contributed by atoms with van der Waals surface area (Å²) >= 11 is 0. The first-order chi connectivity index (χ1) is 8.11. The van der Waals surface area contributed by atoms with Crippen LogP contribution in [0.2, 0.25) is 0 Å². The highest BCUT2D eigenvalue weighted by Gasteiger charge is 2.16. The maximum Gasteiger partial charge on any atom is 0.107 e. The second kappa shape index (κ2) is 4.72. The van der Waals surface area contributed by atoms with Gasteiger partial charge in [-0.25, -0.2) is 0 Å². The molecule has 0 amide bonds. The van der Waals surface area contributed by atoms with E-state index >= 15 is 0 Å². The van der Waals surface area contributed by atoms with Crippen LogP contribution in [0.4, 0.5) is 0 Å². The summed E-state index contributed by atoms with van der Waals surface area (Å²) in [5, 5.41) is 14.7. The standard InChI is InChI=1S/C14H18N2O/c1-4-13-12(9-16(3)15-13)14(17)11-7-5-6-10(2)8-11/h5-9,14,17H,4H2,1-3H3. The molecule has 3 nitrogen and oxygen atoms in total. The van der Waals surface area contributed by atoms with Gasteiger partial charge in [-0.2, -0.15) is 5.10 Å². The molecule has 0 fully saturated rings. The van der Waals surface area contributed by atoms with Gasteiger partial charge < -0.3 is 5.11 Å². The first kappa shape index (κ1) is 11.9. The van der Waals surface area contributed by atoms with Gasteiger partial charge in [0.25, 0.3) is 0 Å². The number of hydrogen-bond donors (Lipinski definition) is 1. The van der Waals surface area contributed by atoms with Gasteiger partial charge >= 0.3 is 0 Å². The van der Waals surface area contributed by atoms with Crippen LogP contribution < -0.4 is 0 Å². The number of rotatable bonds is 3. The van der Waals surface area contributed by atoms with Crippen LogP contribution in [-0.2, 0) is 13.5 Å². The Bertz CT molecular complexity index is 517. The van der Waals surface area contributed by atoms with Gasteiger partial charge in [-0.15, -0.1) is 0 Å². The second-order valence-electron chi connectivity index (χ2n) is 4.38. The van der Waals surface area contributed by atoms with E-state index in [2.05, 4.69) is 12.0 Å². The van der Waals surface area contributed by atoms with Crippen LogP contribution in [0.25, 0.3) is 0 Å². The molecule has 0 saturated heterocycles. The van der Waals surface area contributed by atoms with Crippen molar-refractivity contribution in [2.45, 2.75) is 26.4 Å². The predicted octanol–water partition coefficient (Wildman–Crippen LogP) is 2.37. The molecular weight excluding hydrogens is 212 g/mol. The monoisotopic (exact) mass is 230 g/mol. The smallest absolute Gasteiger partial charge is 0.107 e. The lowest BCUT2D eigenvalue weighted by atomic mass is 10.00. The molecule has 2 rings (SSSR count). The number of aliphatic hydroxyl groups excluding tert-OH is 1. The van der Waals surface area contributed by atoms with Gasteiger partial charge in [0.05, 0.1) is 5.69 Å². The van der Waals surface area contributed by atoms with E-state index in [1.165, 1.54) is 0 Å². The van der Waals surface area contributed by atoms with Crippen LogP contribution in [0, 0.1) is 6.92 Å². The number of aromatic nitrogens is 2. The van der Waals surface area contributed by atoms with Crippen molar-refractivity contribution < 1.29 is 5.11 Å². The Morgan fingerprint density at radius 2 is 2.18 bits per heavy atom. The van der Waals surface area contributed by atoms with Crippen LogP contribution >= 0.6 is 0 Å². The van der Waals surface area contributed by atoms with Crippen LogP contribution in [0.1, 0.15) is 35.4 Å². The second-order valence-corrected chi connectivity index (χ2v) is 4.38. The number of benzene rings is 1. The van der Waals surface area contributed by atoms with E-state index in [-0.39, 0.29) is 0 Å². The van der Waals surface area contributed by atoms with Crippen LogP contribution in [-0.4, -0.2) is 14.9 Å². The van der Waals surface area contributed by atoms with Crippen molar-refractivity contribution in [2.75, 3.05) is 0 Å². The van der Waals surface area contributed by atoms with Crippen molar-refractivity contribution in [3.05, 3.63) is 52.8 Å². The van der Waals surface area contributed by atoms with E-state index in [9.17, 15) is 5.11 Å². The Hall–Kier alpha value is -1.61. The van der Waals surface area contributed by atoms with Crippen molar-refractivity contribution in [3.63, 3.8) is 0 Å². The fourth-order valence-electron chi connectivity index (χ4n) is 2.08. The molecule has 1 aromatic heterocycles. The Morgan fingerprint density at radius 1 is 1.41 bits per heavy atom. The highest BCUT2D eigenvalue weighted by Crippen LogP contribution is 2.25. The summed E-state index contributed by atoms with van der Waals surface area (Å²) in [6, 6.07) is 7.96. The maximum atomic E-state index is 10.4. The van der Waals surface area contributed by atoms with Crippen molar-refractivity contribution in [2.24, 2.45) is 7.05 Å². The van der Waals surface area contributed by atoms with E-state index in [1.54, 1.807) is 4.68 Å². The summed E-state index contributed by atoms with van der Waals surface area (Å²) in [6.45, 7) is 4.08. The fraction of sp³-hybridized carbons (Fsp3) is 0.357. The van der Waals surface area contributed by atoms with E-state index in [0.29, 0.717) is 0 Å². The summed E-state index contributed by atoms with van der Waals surface area (Å²) in [4.78, 5) is 0. The van der Waals surface area contributed by atoms with Gasteiger partial charge in [-0.05, 0) is 18.9 Å². The molecule has 1 atom stereocenters. The van der Waals surface area contributed by atoms with Crippen molar-refractivity contribution >= 4 is 0 Å². The zero-order valence-corrected chi connectivity index (χ0v) is 10.5. The number of aryl methyl sites for hydroxylation is 3. The minimum Gasteiger partial charge on any atom is -0.384 e. The molecule has 17 heavy (non-hydrogen) atoms. The highest BCUT2D eigenvalue weighted by atomic mass is 16.3. The van der Waals surface area contributed by atoms with E-state index < -0.39 is 6.10 Å². The Kier molecular flexibility index (Phi) is 3.29. The molecule has 1 aromatic carbocycles. The normalized spacial score (nSPS) is 12.7. The summed E-state index contributed by atoms with van der Waals surface area (Å²) in [5.74, 6) is 0. The lowest BCUT2D eigenvalue weighted by molar-refractivity contribution is 0.219. The predicted molar refractivity (Wildman–Crippen MR) is 67.8 cm³/mol. The Labute approximate surface area is 102 Å². The number of aliphatic hydroxyl groups is 1. The molecule has 0 radical (unpaired) electrons. The largest absolute Gasteiger partial charge is 0.384 e. The fourth-order valence-corrected chi connectivity index (χ4v) is 2.08. The summed E-state index contributed by atoms with van der Waals surface area (Å²) in [5.41, 5.74) is 3.94. The summed E-state index contributed by atoms with van der Waals surface area (Å²) in [7, 11) is 1.88. The van der Waals surface area contributed by atoms with Gasteiger partial charge in [0, 0.05) is 18.8 Å². The SMILES string of the molecule is CCc1nn(C)cc1C(O)c1cccc(C)c1. The van der Waals surface area contributed by atoms with Gasteiger partial charge in [0.15, 0.2) is 0 Å². The van der Waals surface area contributed by atoms with Crippen molar-refractivity contribution in [1.82, 2.24) is 9.78 Å². The quantitative estimate of drug-likeness (QED) is 0.879. The molecule has 1 unspecified atom stereocenters. The minimum absolute atomic E-state index is 0.585. The molecule has 0 aliphatic carbocycles. The molecule has 3 heteroatoms. The molecule has 0 aliphatic rings. The Morgan fingerprint density at radius 3 is 2.82 bits per heavy atom. The van der Waals surface area contributed by atoms with E-state index in [4.69, 9.17) is 0 Å². The van der Waals surface area contributed by atoms with Gasteiger partial charge in [-0.3, -0.25) is 4.68 Å². The highest BCUT2D eigenvalue weighted by molar-refractivity contribution is 5.33. The van der Waals surface area contributed by atoms with Gasteiger partial charge in [0.2, 0.25) is 0 Å². The lowest BCUT2D eigenvalue weighted by Crippen LogP contribution is -2.01. The van der Waals surface area contributed by atoms with Gasteiger partial charge in [-0.1, -0.05) is 36.8 Å². The molecular formula is C14H18N2O. The molecule has 0 saturated carbocycles. The van der Waals surface area contributed by atoms with Crippen LogP contribution in [0.15, 0.2) is 30.5 Å². The lowest BCUT2D eigenvalue weighted by Gasteiger charge is -2.11. The molecule has 0 bridgehead atoms. The molecule has 90 valence electrons. The summed E-state index contributed by atoms with van der Waals surface area (Å²) in [6.07, 6.45) is 2.14. The first-order valence-electron chi connectivity index (χ1n) is 5.89. The zero-order chi connectivity index (χ0) is 12.4. The van der Waals surface area contributed by atoms with Crippen molar-refractivity contribution in [3.8, 4) is 0 Å². The van der Waals surface area contributed by atoms with Crippen LogP contribution in [0.5, 0.6) is 0 Å². The third-order valence-corrected chi connectivity index (χ3v) is 2.92. The number of hydrogen-bond acceptors (Lipinski definition) is 2. The maximum absolute atomic E-state index is 10.4. The average Bonchev–Trinajstić information content (AvgIpc) is 2.69. The van der Waals surface area contributed by atoms with E-state index in [0.717, 1.165) is 28.8 Å². The molecule has 1 N–H and O–H groups in total. The van der Waals surface area contributed by atoms with Crippen LogP contribution in [0.3, 0.4) is 0 Å². The molecule has 0 aliphatic heterocycles. The molecule has 0 spiro atoms. The summed E-state index contributed by atoms with van der Waals surface area (Å²) < 4.78 is 1.76. The third-order valence-electron chi connectivity index (χ3n) is 2.92. The van der Waals surface area contributed by atoms with Gasteiger partial charge in [0.1, 0.15) is 6.10 Å². The molecule has 2 aromatic rings. The average molecular weight is 230 g/mol. The zero-order valence-electron chi connectivity index (χ0n) is 10.5. The number of nitrogens with zero attached hydrogens (tertiary/aromatic N) is 2. The third kappa shape index (κ3) is 2.39. The Balaban J connectivity index is 2.39. The minimum atomic E-state index is -0.585.